The summed E-state index contributed by atoms with van der Waals surface area (Å²) in [5.41, 5.74) is 0.184. The van der Waals surface area contributed by atoms with Crippen molar-refractivity contribution in [2.24, 2.45) is 0 Å². The second-order valence-corrected chi connectivity index (χ2v) is 5.00. The van der Waals surface area contributed by atoms with Gasteiger partial charge in [0, 0.05) is 25.2 Å². The summed E-state index contributed by atoms with van der Waals surface area (Å²) in [7, 11) is 0. The lowest BCUT2D eigenvalue weighted by Gasteiger charge is -2.22. The number of hydrogen-bond donors (Lipinski definition) is 1. The molecule has 0 aliphatic rings. The molecule has 1 aromatic heterocycles. The topological polar surface area (TPSA) is 41.0 Å². The van der Waals surface area contributed by atoms with Crippen molar-refractivity contribution in [3.63, 3.8) is 0 Å². The zero-order valence-corrected chi connectivity index (χ0v) is 12.8. The van der Waals surface area contributed by atoms with Crippen LogP contribution in [0.4, 0.5) is 26.1 Å². The third-order valence-electron chi connectivity index (χ3n) is 3.16. The van der Waals surface area contributed by atoms with Crippen LogP contribution in [0.25, 0.3) is 0 Å². The lowest BCUT2D eigenvalue weighted by atomic mass is 10.3. The quantitative estimate of drug-likeness (QED) is 0.835. The van der Waals surface area contributed by atoms with E-state index in [9.17, 15) is 8.78 Å². The highest BCUT2D eigenvalue weighted by Crippen LogP contribution is 2.21. The average Bonchev–Trinajstić information content (AvgIpc) is 2.50. The van der Waals surface area contributed by atoms with Gasteiger partial charge in [0.2, 0.25) is 0 Å². The van der Waals surface area contributed by atoms with Crippen molar-refractivity contribution >= 4 is 17.3 Å². The van der Waals surface area contributed by atoms with Crippen molar-refractivity contribution in [3.8, 4) is 0 Å². The van der Waals surface area contributed by atoms with Gasteiger partial charge in [-0.15, -0.1) is 0 Å². The van der Waals surface area contributed by atoms with Crippen LogP contribution in [-0.2, 0) is 0 Å². The summed E-state index contributed by atoms with van der Waals surface area (Å²) >= 11 is 0. The number of nitrogens with one attached hydrogen (secondary N) is 1. The Morgan fingerprint density at radius 2 is 1.77 bits per heavy atom. The van der Waals surface area contributed by atoms with Gasteiger partial charge < -0.3 is 10.2 Å². The van der Waals surface area contributed by atoms with Crippen LogP contribution in [0.3, 0.4) is 0 Å². The molecule has 6 heteroatoms. The van der Waals surface area contributed by atoms with E-state index < -0.39 is 11.6 Å². The van der Waals surface area contributed by atoms with Crippen LogP contribution in [0.1, 0.15) is 26.7 Å². The molecule has 22 heavy (non-hydrogen) atoms. The number of anilines is 3. The molecule has 0 aliphatic carbocycles. The molecule has 0 aliphatic heterocycles. The van der Waals surface area contributed by atoms with E-state index in [-0.39, 0.29) is 5.69 Å². The Hall–Kier alpha value is -2.24. The number of aromatic nitrogens is 2. The predicted molar refractivity (Wildman–Crippen MR) is 84.5 cm³/mol. The van der Waals surface area contributed by atoms with Gasteiger partial charge in [-0.25, -0.2) is 18.7 Å². The Balaban J connectivity index is 2.20. The molecule has 0 saturated carbocycles. The van der Waals surface area contributed by atoms with Gasteiger partial charge in [-0.1, -0.05) is 13.8 Å². The summed E-state index contributed by atoms with van der Waals surface area (Å²) in [6.07, 6.45) is 3.47. The molecule has 0 spiro atoms. The molecule has 0 saturated heterocycles. The summed E-state index contributed by atoms with van der Waals surface area (Å²) in [6.45, 7) is 6.01. The van der Waals surface area contributed by atoms with Crippen LogP contribution in [0.5, 0.6) is 0 Å². The predicted octanol–water partition coefficient (Wildman–Crippen LogP) is 4.12. The summed E-state index contributed by atoms with van der Waals surface area (Å²) in [5.74, 6) is 0.0130. The molecular formula is C16H20F2N4. The second-order valence-electron chi connectivity index (χ2n) is 5.00. The fraction of sp³-hybridized carbons (Fsp3) is 0.375. The van der Waals surface area contributed by atoms with E-state index in [2.05, 4.69) is 34.0 Å². The van der Waals surface area contributed by atoms with Gasteiger partial charge in [-0.3, -0.25) is 0 Å². The van der Waals surface area contributed by atoms with Crippen LogP contribution in [0.2, 0.25) is 0 Å². The summed E-state index contributed by atoms with van der Waals surface area (Å²) in [6, 6.07) is 5.16. The van der Waals surface area contributed by atoms with Gasteiger partial charge >= 0.3 is 0 Å². The number of rotatable bonds is 7. The van der Waals surface area contributed by atoms with Gasteiger partial charge in [0.15, 0.2) is 0 Å². The second kappa shape index (κ2) is 7.68. The fourth-order valence-electron chi connectivity index (χ4n) is 2.20. The minimum Gasteiger partial charge on any atom is -0.356 e. The lowest BCUT2D eigenvalue weighted by Crippen LogP contribution is -2.25. The number of nitrogens with zero attached hydrogens (tertiary/aromatic N) is 3. The first kappa shape index (κ1) is 16.1. The maximum atomic E-state index is 13.7. The Bertz CT molecular complexity index is 613. The van der Waals surface area contributed by atoms with E-state index in [1.807, 2.05) is 0 Å². The van der Waals surface area contributed by atoms with Crippen molar-refractivity contribution in [2.75, 3.05) is 23.3 Å². The molecule has 2 aromatic rings. The van der Waals surface area contributed by atoms with Crippen LogP contribution in [-0.4, -0.2) is 23.1 Å². The Labute approximate surface area is 129 Å². The maximum absolute atomic E-state index is 13.7. The number of hydrogen-bond acceptors (Lipinski definition) is 4. The molecule has 0 atom stereocenters. The molecule has 1 N–H and O–H groups in total. The first-order valence-electron chi connectivity index (χ1n) is 7.43. The molecule has 0 bridgehead atoms. The Morgan fingerprint density at radius 1 is 1.05 bits per heavy atom. The van der Waals surface area contributed by atoms with E-state index in [4.69, 9.17) is 0 Å². The highest BCUT2D eigenvalue weighted by Gasteiger charge is 2.09. The maximum Gasteiger partial charge on any atom is 0.149 e. The minimum absolute atomic E-state index is 0.184. The minimum atomic E-state index is -0.654. The molecule has 2 rings (SSSR count). The monoisotopic (exact) mass is 306 g/mol. The molecule has 1 aromatic carbocycles. The lowest BCUT2D eigenvalue weighted by molar-refractivity contribution is 0.586. The molecule has 0 radical (unpaired) electrons. The molecule has 0 unspecified atom stereocenters. The Kier molecular flexibility index (Phi) is 5.63. The van der Waals surface area contributed by atoms with E-state index in [1.54, 1.807) is 6.07 Å². The smallest absolute Gasteiger partial charge is 0.149 e. The summed E-state index contributed by atoms with van der Waals surface area (Å²) < 4.78 is 26.6. The fourth-order valence-corrected chi connectivity index (χ4v) is 2.20. The number of halogens is 2. The van der Waals surface area contributed by atoms with E-state index in [0.717, 1.165) is 37.8 Å². The van der Waals surface area contributed by atoms with Gasteiger partial charge in [-0.2, -0.15) is 0 Å². The van der Waals surface area contributed by atoms with Gasteiger partial charge in [0.1, 0.15) is 29.6 Å². The average molecular weight is 306 g/mol. The zero-order valence-electron chi connectivity index (χ0n) is 12.8. The molecule has 0 fully saturated rings. The van der Waals surface area contributed by atoms with E-state index in [1.165, 1.54) is 18.5 Å². The Morgan fingerprint density at radius 3 is 2.41 bits per heavy atom. The molecule has 0 amide bonds. The highest BCUT2D eigenvalue weighted by atomic mass is 19.1. The first-order chi connectivity index (χ1) is 10.6. The zero-order chi connectivity index (χ0) is 15.9. The van der Waals surface area contributed by atoms with Crippen LogP contribution in [0.15, 0.2) is 30.6 Å². The van der Waals surface area contributed by atoms with Crippen molar-refractivity contribution in [1.29, 1.82) is 0 Å². The van der Waals surface area contributed by atoms with Crippen molar-refractivity contribution in [1.82, 2.24) is 9.97 Å². The SMILES string of the molecule is CCCN(CCC)c1cc(Nc2ccc(F)cc2F)ncn1. The largest absolute Gasteiger partial charge is 0.356 e. The van der Waals surface area contributed by atoms with Crippen LogP contribution in [0, 0.1) is 11.6 Å². The van der Waals surface area contributed by atoms with Crippen molar-refractivity contribution in [3.05, 3.63) is 42.2 Å². The van der Waals surface area contributed by atoms with Gasteiger partial charge in [-0.05, 0) is 25.0 Å². The molecular weight excluding hydrogens is 286 g/mol. The van der Waals surface area contributed by atoms with E-state index in [0.29, 0.717) is 5.82 Å². The van der Waals surface area contributed by atoms with Gasteiger partial charge in [0.25, 0.3) is 0 Å². The third kappa shape index (κ3) is 4.13. The van der Waals surface area contributed by atoms with Crippen LogP contribution < -0.4 is 10.2 Å². The standard InChI is InChI=1S/C16H20F2N4/c1-3-7-22(8-4-2)16-10-15(19-11-20-16)21-14-6-5-12(17)9-13(14)18/h5-6,9-11H,3-4,7-8H2,1-2H3,(H,19,20,21). The molecule has 1 heterocycles. The summed E-state index contributed by atoms with van der Waals surface area (Å²) in [5, 5.41) is 2.86. The molecule has 118 valence electrons. The summed E-state index contributed by atoms with van der Waals surface area (Å²) in [4.78, 5) is 10.5. The highest BCUT2D eigenvalue weighted by molar-refractivity contribution is 5.59. The van der Waals surface area contributed by atoms with Gasteiger partial charge in [0.05, 0.1) is 5.69 Å². The normalized spacial score (nSPS) is 10.5. The van der Waals surface area contributed by atoms with Crippen molar-refractivity contribution < 1.29 is 8.78 Å². The number of benzene rings is 1. The third-order valence-corrected chi connectivity index (χ3v) is 3.16. The van der Waals surface area contributed by atoms with Crippen molar-refractivity contribution in [2.45, 2.75) is 26.7 Å². The molecule has 4 nitrogen and oxygen atoms in total. The first-order valence-corrected chi connectivity index (χ1v) is 7.43. The van der Waals surface area contributed by atoms with E-state index >= 15 is 0 Å². The van der Waals surface area contributed by atoms with Crippen LogP contribution >= 0.6 is 0 Å².